The number of rotatable bonds is 9. The molecule has 0 aliphatic carbocycles. The van der Waals surface area contributed by atoms with E-state index in [0.717, 1.165) is 69.4 Å². The number of benzene rings is 5. The molecule has 0 amide bonds. The summed E-state index contributed by atoms with van der Waals surface area (Å²) in [6.45, 7) is 0.922. The Morgan fingerprint density at radius 3 is 1.62 bits per heavy atom. The summed E-state index contributed by atoms with van der Waals surface area (Å²) >= 11 is 0. The number of aromatic carboxylic acids is 2. The molecule has 3 aromatic heterocycles. The van der Waals surface area contributed by atoms with Gasteiger partial charge in [0.15, 0.2) is 0 Å². The molecule has 3 heterocycles. The molecule has 0 unspecified atom stereocenters. The van der Waals surface area contributed by atoms with E-state index in [-0.39, 0.29) is 11.1 Å². The highest BCUT2D eigenvalue weighted by atomic mass is 16.4. The van der Waals surface area contributed by atoms with E-state index in [1.165, 1.54) is 17.7 Å². The minimum atomic E-state index is -1.30. The first-order chi connectivity index (χ1) is 23.0. The molecule has 230 valence electrons. The van der Waals surface area contributed by atoms with E-state index in [2.05, 4.69) is 50.5 Å². The van der Waals surface area contributed by atoms with Gasteiger partial charge in [-0.2, -0.15) is 0 Å². The molecule has 2 N–H and O–H groups in total. The Morgan fingerprint density at radius 2 is 1.11 bits per heavy atom. The fourth-order valence-electron chi connectivity index (χ4n) is 6.95. The van der Waals surface area contributed by atoms with Gasteiger partial charge in [0.05, 0.1) is 50.9 Å². The fraction of sp³-hybridized carbons (Fsp3) is 0.103. The Morgan fingerprint density at radius 1 is 0.596 bits per heavy atom. The van der Waals surface area contributed by atoms with Crippen LogP contribution in [0.1, 0.15) is 39.1 Å². The van der Waals surface area contributed by atoms with Crippen LogP contribution in [0.5, 0.6) is 0 Å². The van der Waals surface area contributed by atoms with Crippen molar-refractivity contribution in [1.29, 1.82) is 0 Å². The van der Waals surface area contributed by atoms with Crippen molar-refractivity contribution in [1.82, 2.24) is 18.7 Å². The largest absolute Gasteiger partial charge is 0.478 e. The second kappa shape index (κ2) is 11.3. The predicted molar refractivity (Wildman–Crippen MR) is 184 cm³/mol. The molecular formula is C39H30N4O4. The van der Waals surface area contributed by atoms with E-state index < -0.39 is 11.9 Å². The fourth-order valence-corrected chi connectivity index (χ4v) is 6.95. The van der Waals surface area contributed by atoms with Gasteiger partial charge in [0.25, 0.3) is 0 Å². The zero-order chi connectivity index (χ0) is 32.1. The van der Waals surface area contributed by atoms with Crippen LogP contribution < -0.4 is 0 Å². The van der Waals surface area contributed by atoms with Gasteiger partial charge in [-0.15, -0.1) is 0 Å². The maximum absolute atomic E-state index is 12.6. The highest BCUT2D eigenvalue weighted by Gasteiger charge is 2.25. The molecule has 0 spiro atoms. The number of unbranched alkanes of at least 4 members (excludes halogenated alkanes) is 1. The van der Waals surface area contributed by atoms with Crippen LogP contribution >= 0.6 is 0 Å². The minimum Gasteiger partial charge on any atom is -0.478 e. The van der Waals surface area contributed by atoms with E-state index in [0.29, 0.717) is 11.4 Å². The monoisotopic (exact) mass is 618 g/mol. The number of carboxylic acids is 2. The van der Waals surface area contributed by atoms with Gasteiger partial charge >= 0.3 is 11.9 Å². The molecule has 0 radical (unpaired) electrons. The zero-order valence-electron chi connectivity index (χ0n) is 25.4. The van der Waals surface area contributed by atoms with Gasteiger partial charge < -0.3 is 23.9 Å². The lowest BCUT2D eigenvalue weighted by Crippen LogP contribution is -2.13. The Hall–Kier alpha value is -6.15. The van der Waals surface area contributed by atoms with Crippen molar-refractivity contribution in [3.05, 3.63) is 139 Å². The number of imidazole rings is 1. The van der Waals surface area contributed by atoms with Crippen LogP contribution in [0.15, 0.2) is 122 Å². The predicted octanol–water partition coefficient (Wildman–Crippen LogP) is 8.50. The number of carbonyl (C=O) groups is 2. The number of carboxylic acid groups (broad SMARTS) is 2. The van der Waals surface area contributed by atoms with E-state index >= 15 is 0 Å². The van der Waals surface area contributed by atoms with Crippen molar-refractivity contribution in [2.24, 2.45) is 0 Å². The normalized spacial score (nSPS) is 11.7. The lowest BCUT2D eigenvalue weighted by atomic mass is 10.0. The Kier molecular flexibility index (Phi) is 6.83. The number of fused-ring (bicyclic) bond motifs is 6. The van der Waals surface area contributed by atoms with Gasteiger partial charge in [0.2, 0.25) is 0 Å². The van der Waals surface area contributed by atoms with Gasteiger partial charge in [-0.1, -0.05) is 60.7 Å². The van der Waals surface area contributed by atoms with Gasteiger partial charge in [-0.3, -0.25) is 0 Å². The molecule has 8 heteroatoms. The summed E-state index contributed by atoms with van der Waals surface area (Å²) in [7, 11) is 0. The molecule has 0 aliphatic heterocycles. The Balaban J connectivity index is 1.37. The van der Waals surface area contributed by atoms with Crippen LogP contribution in [0, 0.1) is 0 Å². The van der Waals surface area contributed by atoms with Crippen molar-refractivity contribution < 1.29 is 19.8 Å². The van der Waals surface area contributed by atoms with Gasteiger partial charge in [-0.05, 0) is 67.3 Å². The first-order valence-corrected chi connectivity index (χ1v) is 15.6. The van der Waals surface area contributed by atoms with Crippen molar-refractivity contribution in [2.75, 3.05) is 0 Å². The van der Waals surface area contributed by atoms with Crippen molar-refractivity contribution in [3.63, 3.8) is 0 Å². The summed E-state index contributed by atoms with van der Waals surface area (Å²) in [5.74, 6) is -2.59. The first kappa shape index (κ1) is 28.3. The molecule has 0 saturated heterocycles. The van der Waals surface area contributed by atoms with Gasteiger partial charge in [0.1, 0.15) is 0 Å². The summed E-state index contributed by atoms with van der Waals surface area (Å²) in [4.78, 5) is 29.2. The molecule has 0 aliphatic rings. The molecule has 47 heavy (non-hydrogen) atoms. The highest BCUT2D eigenvalue weighted by Crippen LogP contribution is 2.39. The molecule has 8 aromatic rings. The standard InChI is InChI=1S/C39H30N4O4/c44-38(45)30-22-36(42-32-13-4-1-10-26(32)27-11-2-5-14-33(27)42)37(23-31(30)39(46)47)43-34-15-6-3-12-28(34)29-21-25(16-17-35(29)43)9-7-8-19-41-20-18-40-24-41/h1-6,10-18,20-24H,7-9,19H2,(H,44,45)(H,46,47). The number of para-hydroxylation sites is 3. The summed E-state index contributed by atoms with van der Waals surface area (Å²) in [5, 5.41) is 24.6. The first-order valence-electron chi connectivity index (χ1n) is 15.6. The lowest BCUT2D eigenvalue weighted by Gasteiger charge is -2.19. The third-order valence-corrected chi connectivity index (χ3v) is 9.07. The highest BCUT2D eigenvalue weighted by molar-refractivity contribution is 6.12. The Labute approximate surface area is 269 Å². The second-order valence-electron chi connectivity index (χ2n) is 11.8. The number of aromatic nitrogens is 4. The molecule has 8 rings (SSSR count). The molecule has 0 bridgehead atoms. The number of nitrogens with zero attached hydrogens (tertiary/aromatic N) is 4. The summed E-state index contributed by atoms with van der Waals surface area (Å²) in [5.41, 5.74) is 5.46. The van der Waals surface area contributed by atoms with Crippen LogP contribution in [0.2, 0.25) is 0 Å². The quantitative estimate of drug-likeness (QED) is 0.158. The molecule has 8 nitrogen and oxygen atoms in total. The molecule has 0 saturated carbocycles. The average Bonchev–Trinajstić information content (AvgIpc) is 3.81. The SMILES string of the molecule is O=C(O)c1cc(-n2c3ccccc3c3ccccc32)c(-n2c3ccccc3c3cc(CCCCn4ccnc4)ccc32)cc1C(=O)O. The maximum atomic E-state index is 12.6. The van der Waals surface area contributed by atoms with Crippen LogP contribution in [-0.4, -0.2) is 40.8 Å². The Bertz CT molecular complexity index is 2430. The number of hydrogen-bond acceptors (Lipinski definition) is 3. The number of hydrogen-bond donors (Lipinski definition) is 2. The zero-order valence-corrected chi connectivity index (χ0v) is 25.4. The molecule has 0 fully saturated rings. The smallest absolute Gasteiger partial charge is 0.336 e. The van der Waals surface area contributed by atoms with Crippen LogP contribution in [-0.2, 0) is 13.0 Å². The van der Waals surface area contributed by atoms with Crippen molar-refractivity contribution >= 4 is 55.6 Å². The lowest BCUT2D eigenvalue weighted by molar-refractivity contribution is 0.0651. The van der Waals surface area contributed by atoms with Crippen LogP contribution in [0.4, 0.5) is 0 Å². The molecule has 5 aromatic carbocycles. The van der Waals surface area contributed by atoms with Crippen molar-refractivity contribution in [3.8, 4) is 11.4 Å². The minimum absolute atomic E-state index is 0.266. The van der Waals surface area contributed by atoms with E-state index in [4.69, 9.17) is 0 Å². The molecule has 0 atom stereocenters. The van der Waals surface area contributed by atoms with E-state index in [1.807, 2.05) is 71.7 Å². The van der Waals surface area contributed by atoms with Crippen molar-refractivity contribution in [2.45, 2.75) is 25.8 Å². The van der Waals surface area contributed by atoms with Crippen LogP contribution in [0.3, 0.4) is 0 Å². The van der Waals surface area contributed by atoms with E-state index in [1.54, 1.807) is 6.20 Å². The maximum Gasteiger partial charge on any atom is 0.336 e. The third kappa shape index (κ3) is 4.73. The second-order valence-corrected chi connectivity index (χ2v) is 11.8. The average molecular weight is 619 g/mol. The third-order valence-electron chi connectivity index (χ3n) is 9.07. The van der Waals surface area contributed by atoms with Gasteiger partial charge in [0, 0.05) is 40.5 Å². The topological polar surface area (TPSA) is 102 Å². The van der Waals surface area contributed by atoms with Crippen LogP contribution in [0.25, 0.3) is 55.0 Å². The summed E-state index contributed by atoms with van der Waals surface area (Å²) < 4.78 is 6.21. The summed E-state index contributed by atoms with van der Waals surface area (Å²) in [6.07, 6.45) is 8.60. The van der Waals surface area contributed by atoms with Gasteiger partial charge in [-0.25, -0.2) is 14.6 Å². The number of aryl methyl sites for hydroxylation is 2. The molecular weight excluding hydrogens is 588 g/mol. The summed E-state index contributed by atoms with van der Waals surface area (Å²) in [6, 6.07) is 33.6. The van der Waals surface area contributed by atoms with E-state index in [9.17, 15) is 19.8 Å².